The van der Waals surface area contributed by atoms with Crippen molar-refractivity contribution in [1.29, 1.82) is 0 Å². The van der Waals surface area contributed by atoms with E-state index in [9.17, 15) is 4.79 Å². The number of amides is 1. The van der Waals surface area contributed by atoms with Crippen LogP contribution in [0, 0.1) is 0 Å². The topological polar surface area (TPSA) is 45.0 Å². The standard InChI is InChI=1S/C27H25N3OS/c1-27(2,3)20-15-13-18(14-16-20)17-32-26-28-22-12-8-7-11-21(22)24-29-25(31)23(30(24)26)19-9-5-4-6-10-19/h4-16,23H,17H2,1-3H3. The highest BCUT2D eigenvalue weighted by Gasteiger charge is 2.42. The third-order valence-corrected chi connectivity index (χ3v) is 6.83. The molecule has 1 atom stereocenters. The fraction of sp³-hybridized carbons (Fsp3) is 0.222. The van der Waals surface area contributed by atoms with Gasteiger partial charge in [0.15, 0.2) is 5.17 Å². The summed E-state index contributed by atoms with van der Waals surface area (Å²) in [5, 5.41) is 0.807. The smallest absolute Gasteiger partial charge is 0.275 e. The van der Waals surface area contributed by atoms with Crippen molar-refractivity contribution in [3.05, 3.63) is 101 Å². The maximum absolute atomic E-state index is 13.0. The number of benzene rings is 3. The summed E-state index contributed by atoms with van der Waals surface area (Å²) in [6, 6.07) is 26.0. The van der Waals surface area contributed by atoms with Gasteiger partial charge in [0.2, 0.25) is 0 Å². The summed E-state index contributed by atoms with van der Waals surface area (Å²) in [6.07, 6.45) is 0. The van der Waals surface area contributed by atoms with E-state index in [1.54, 1.807) is 11.8 Å². The molecule has 160 valence electrons. The minimum Gasteiger partial charge on any atom is -0.288 e. The first kappa shape index (κ1) is 20.7. The number of para-hydroxylation sites is 1. The Labute approximate surface area is 193 Å². The molecule has 2 aliphatic heterocycles. The number of hydrogen-bond acceptors (Lipinski definition) is 4. The number of carbonyl (C=O) groups excluding carboxylic acids is 1. The number of amidine groups is 2. The average molecular weight is 440 g/mol. The molecular weight excluding hydrogens is 414 g/mol. The van der Waals surface area contributed by atoms with Crippen molar-refractivity contribution in [3.8, 4) is 0 Å². The molecule has 1 unspecified atom stereocenters. The Morgan fingerprint density at radius 3 is 2.28 bits per heavy atom. The van der Waals surface area contributed by atoms with Crippen LogP contribution < -0.4 is 0 Å². The molecular formula is C27H25N3OS. The van der Waals surface area contributed by atoms with Crippen LogP contribution in [0.2, 0.25) is 0 Å². The van der Waals surface area contributed by atoms with E-state index in [-0.39, 0.29) is 11.3 Å². The fourth-order valence-corrected chi connectivity index (χ4v) is 5.02. The second kappa shape index (κ2) is 8.06. The third kappa shape index (κ3) is 3.78. The van der Waals surface area contributed by atoms with Crippen LogP contribution in [0.3, 0.4) is 0 Å². The van der Waals surface area contributed by atoms with Gasteiger partial charge in [0.05, 0.1) is 5.69 Å². The quantitative estimate of drug-likeness (QED) is 0.485. The molecule has 0 saturated heterocycles. The minimum absolute atomic E-state index is 0.132. The van der Waals surface area contributed by atoms with Crippen molar-refractivity contribution in [2.75, 3.05) is 0 Å². The molecule has 0 aromatic heterocycles. The minimum atomic E-state index is -0.478. The molecule has 2 heterocycles. The molecule has 0 aliphatic carbocycles. The molecule has 4 nitrogen and oxygen atoms in total. The molecule has 0 spiro atoms. The molecule has 5 rings (SSSR count). The van der Waals surface area contributed by atoms with E-state index in [0.29, 0.717) is 5.84 Å². The van der Waals surface area contributed by atoms with Gasteiger partial charge in [0.25, 0.3) is 5.91 Å². The Kier molecular flexibility index (Phi) is 5.22. The highest BCUT2D eigenvalue weighted by atomic mass is 32.2. The summed E-state index contributed by atoms with van der Waals surface area (Å²) >= 11 is 1.65. The molecule has 0 fully saturated rings. The van der Waals surface area contributed by atoms with Crippen LogP contribution in [0.5, 0.6) is 0 Å². The van der Waals surface area contributed by atoms with Crippen LogP contribution in [-0.4, -0.2) is 21.8 Å². The Morgan fingerprint density at radius 1 is 0.875 bits per heavy atom. The first-order chi connectivity index (χ1) is 15.4. The van der Waals surface area contributed by atoms with E-state index in [1.807, 2.05) is 59.5 Å². The number of fused-ring (bicyclic) bond motifs is 3. The van der Waals surface area contributed by atoms with Gasteiger partial charge in [-0.25, -0.2) is 4.99 Å². The number of thioether (sulfide) groups is 1. The fourth-order valence-electron chi connectivity index (χ4n) is 4.04. The van der Waals surface area contributed by atoms with Crippen molar-refractivity contribution in [2.45, 2.75) is 38.0 Å². The van der Waals surface area contributed by atoms with Gasteiger partial charge in [-0.3, -0.25) is 9.69 Å². The summed E-state index contributed by atoms with van der Waals surface area (Å²) in [6.45, 7) is 6.67. The average Bonchev–Trinajstić information content (AvgIpc) is 3.15. The molecule has 1 amide bonds. The predicted octanol–water partition coefficient (Wildman–Crippen LogP) is 6.25. The summed E-state index contributed by atoms with van der Waals surface area (Å²) < 4.78 is 0. The monoisotopic (exact) mass is 439 g/mol. The van der Waals surface area contributed by atoms with Crippen molar-refractivity contribution in [3.63, 3.8) is 0 Å². The van der Waals surface area contributed by atoms with Gasteiger partial charge < -0.3 is 0 Å². The Bertz CT molecular complexity index is 1220. The van der Waals surface area contributed by atoms with Crippen molar-refractivity contribution in [2.24, 2.45) is 9.98 Å². The summed E-state index contributed by atoms with van der Waals surface area (Å²) in [7, 11) is 0. The number of aliphatic imine (C=N–C) groups is 2. The SMILES string of the molecule is CC(C)(C)c1ccc(CSC2=Nc3ccccc3C3=NC(=O)C(c4ccccc4)N23)cc1. The molecule has 3 aromatic carbocycles. The van der Waals surface area contributed by atoms with Gasteiger partial charge in [-0.1, -0.05) is 99.3 Å². The van der Waals surface area contributed by atoms with Crippen molar-refractivity contribution < 1.29 is 4.79 Å². The van der Waals surface area contributed by atoms with Gasteiger partial charge in [-0.15, -0.1) is 0 Å². The van der Waals surface area contributed by atoms with E-state index in [0.717, 1.165) is 27.7 Å². The molecule has 0 bridgehead atoms. The second-order valence-electron chi connectivity index (χ2n) is 9.10. The summed E-state index contributed by atoms with van der Waals surface area (Å²) in [4.78, 5) is 24.4. The molecule has 0 radical (unpaired) electrons. The van der Waals surface area contributed by atoms with Crippen molar-refractivity contribution >= 4 is 34.4 Å². The first-order valence-corrected chi connectivity index (χ1v) is 11.8. The lowest BCUT2D eigenvalue weighted by Gasteiger charge is -2.31. The van der Waals surface area contributed by atoms with Crippen LogP contribution in [-0.2, 0) is 16.0 Å². The lowest BCUT2D eigenvalue weighted by atomic mass is 9.87. The molecule has 0 saturated carbocycles. The Hall–Kier alpha value is -3.18. The summed E-state index contributed by atoms with van der Waals surface area (Å²) in [5.74, 6) is 1.32. The number of carbonyl (C=O) groups is 1. The number of hydrogen-bond donors (Lipinski definition) is 0. The molecule has 0 N–H and O–H groups in total. The third-order valence-electron chi connectivity index (χ3n) is 5.81. The maximum atomic E-state index is 13.0. The molecule has 32 heavy (non-hydrogen) atoms. The van der Waals surface area contributed by atoms with Gasteiger partial charge in [-0.05, 0) is 34.2 Å². The van der Waals surface area contributed by atoms with Gasteiger partial charge in [0.1, 0.15) is 11.9 Å². The van der Waals surface area contributed by atoms with E-state index in [1.165, 1.54) is 11.1 Å². The largest absolute Gasteiger partial charge is 0.288 e. The molecule has 5 heteroatoms. The van der Waals surface area contributed by atoms with Gasteiger partial charge in [-0.2, -0.15) is 4.99 Å². The predicted molar refractivity (Wildman–Crippen MR) is 133 cm³/mol. The van der Waals surface area contributed by atoms with E-state index in [2.05, 4.69) is 50.0 Å². The van der Waals surface area contributed by atoms with E-state index < -0.39 is 6.04 Å². The lowest BCUT2D eigenvalue weighted by molar-refractivity contribution is -0.119. The number of rotatable bonds is 3. The Balaban J connectivity index is 1.48. The zero-order valence-corrected chi connectivity index (χ0v) is 19.3. The number of nitrogens with zero attached hydrogens (tertiary/aromatic N) is 3. The molecule has 2 aliphatic rings. The normalized spacial score (nSPS) is 17.5. The molecule has 3 aromatic rings. The summed E-state index contributed by atoms with van der Waals surface area (Å²) in [5.41, 5.74) is 5.36. The van der Waals surface area contributed by atoms with E-state index in [4.69, 9.17) is 4.99 Å². The zero-order chi connectivity index (χ0) is 22.3. The highest BCUT2D eigenvalue weighted by molar-refractivity contribution is 8.13. The van der Waals surface area contributed by atoms with Crippen LogP contribution in [0.15, 0.2) is 88.8 Å². The highest BCUT2D eigenvalue weighted by Crippen LogP contribution is 2.40. The van der Waals surface area contributed by atoms with Crippen LogP contribution >= 0.6 is 11.8 Å². The second-order valence-corrected chi connectivity index (χ2v) is 10.0. The van der Waals surface area contributed by atoms with E-state index >= 15 is 0 Å². The van der Waals surface area contributed by atoms with Gasteiger partial charge in [0, 0.05) is 11.3 Å². The van der Waals surface area contributed by atoms with Crippen LogP contribution in [0.4, 0.5) is 5.69 Å². The lowest BCUT2D eigenvalue weighted by Crippen LogP contribution is -2.38. The van der Waals surface area contributed by atoms with Crippen molar-refractivity contribution in [1.82, 2.24) is 4.90 Å². The van der Waals surface area contributed by atoms with Gasteiger partial charge >= 0.3 is 0 Å². The maximum Gasteiger partial charge on any atom is 0.275 e. The zero-order valence-electron chi connectivity index (χ0n) is 18.4. The van der Waals surface area contributed by atoms with Crippen LogP contribution in [0.25, 0.3) is 0 Å². The first-order valence-electron chi connectivity index (χ1n) is 10.8. The van der Waals surface area contributed by atoms with Crippen LogP contribution in [0.1, 0.15) is 49.1 Å². The Morgan fingerprint density at radius 2 is 1.56 bits per heavy atom.